The third-order valence-electron chi connectivity index (χ3n) is 14.1. The van der Waals surface area contributed by atoms with Crippen LogP contribution in [0.3, 0.4) is 0 Å². The number of nitrogens with one attached hydrogen (secondary N) is 4. The van der Waals surface area contributed by atoms with Gasteiger partial charge in [0.05, 0.1) is 61.4 Å². The number of hydrogen-bond acceptors (Lipinski definition) is 15. The number of nitrogens with zero attached hydrogens (tertiary/aromatic N) is 3. The number of likely N-dealkylation sites (N-methyl/N-ethyl adjacent to an activating group) is 2. The zero-order valence-electron chi connectivity index (χ0n) is 47.7. The van der Waals surface area contributed by atoms with Gasteiger partial charge in [-0.2, -0.15) is 0 Å². The first kappa shape index (κ1) is 66.2. The molecule has 6 amide bonds. The quantitative estimate of drug-likeness (QED) is 0.0496. The van der Waals surface area contributed by atoms with E-state index in [0.29, 0.717) is 37.8 Å². The van der Waals surface area contributed by atoms with Crippen LogP contribution in [0.4, 0.5) is 4.79 Å². The Morgan fingerprint density at radius 2 is 1.47 bits per heavy atom. The van der Waals surface area contributed by atoms with Gasteiger partial charge in [-0.15, -0.1) is 0 Å². The van der Waals surface area contributed by atoms with Crippen LogP contribution < -0.4 is 21.3 Å². The van der Waals surface area contributed by atoms with Crippen molar-refractivity contribution in [1.29, 1.82) is 0 Å². The Hall–Kier alpha value is -4.93. The summed E-state index contributed by atoms with van der Waals surface area (Å²) in [6.07, 6.45) is -2.36. The fraction of sp³-hybridized carbons (Fsp3) is 0.759. The highest BCUT2D eigenvalue weighted by Gasteiger charge is 2.44. The Bertz CT molecular complexity index is 1920. The molecule has 75 heavy (non-hydrogen) atoms. The lowest BCUT2D eigenvalue weighted by Gasteiger charge is -2.41. The minimum Gasteiger partial charge on any atom is -0.454 e. The number of hydrogen-bond donors (Lipinski definition) is 5. The summed E-state index contributed by atoms with van der Waals surface area (Å²) in [5, 5.41) is 20.4. The summed E-state index contributed by atoms with van der Waals surface area (Å²) in [5.41, 5.74) is 0.593. The molecule has 428 valence electrons. The van der Waals surface area contributed by atoms with Crippen molar-refractivity contribution in [1.82, 2.24) is 36.0 Å². The van der Waals surface area contributed by atoms with Crippen molar-refractivity contribution in [2.75, 3.05) is 68.8 Å². The summed E-state index contributed by atoms with van der Waals surface area (Å²) in [6.45, 7) is 18.3. The van der Waals surface area contributed by atoms with Gasteiger partial charge in [0.15, 0.2) is 6.29 Å². The van der Waals surface area contributed by atoms with E-state index in [1.54, 1.807) is 61.0 Å². The molecule has 21 nitrogen and oxygen atoms in total. The SMILES string of the molecule is CCC(CO)OC(COC(=O)NCCC(=O)N[C@@H](C)C(=O)O[C@@H](c1ccccc1)[C@@H](C)NC(=O)[C@H](C)[C@@H](OC)[C@@H]1CCCN1C(=O)C[C@@H](OC)[C@H]([C@@H](C)CC)N(C)C(=O)C(NC(=O)[C@H](C(C)C)N(C)C)C(C)C)OC. The van der Waals surface area contributed by atoms with Crippen LogP contribution in [-0.4, -0.2) is 191 Å². The lowest BCUT2D eigenvalue weighted by atomic mass is 9.89. The van der Waals surface area contributed by atoms with Gasteiger partial charge in [-0.1, -0.05) is 92.1 Å². The van der Waals surface area contributed by atoms with E-state index in [1.165, 1.54) is 28.3 Å². The van der Waals surface area contributed by atoms with Crippen molar-refractivity contribution in [2.45, 2.75) is 175 Å². The van der Waals surface area contributed by atoms with Gasteiger partial charge in [0.1, 0.15) is 24.8 Å². The first-order chi connectivity index (χ1) is 35.4. The fourth-order valence-corrected chi connectivity index (χ4v) is 9.66. The predicted molar refractivity (Wildman–Crippen MR) is 283 cm³/mol. The number of carbonyl (C=O) groups excluding carboxylic acids is 7. The molecule has 0 aliphatic carbocycles. The summed E-state index contributed by atoms with van der Waals surface area (Å²) >= 11 is 0. The van der Waals surface area contributed by atoms with E-state index in [9.17, 15) is 38.7 Å². The van der Waals surface area contributed by atoms with E-state index in [-0.39, 0.29) is 68.1 Å². The molecule has 1 aliphatic heterocycles. The van der Waals surface area contributed by atoms with E-state index in [1.807, 2.05) is 67.5 Å². The van der Waals surface area contributed by atoms with Gasteiger partial charge >= 0.3 is 12.1 Å². The summed E-state index contributed by atoms with van der Waals surface area (Å²) in [6, 6.07) is 4.76. The van der Waals surface area contributed by atoms with Gasteiger partial charge in [0, 0.05) is 47.9 Å². The van der Waals surface area contributed by atoms with Gasteiger partial charge in [-0.3, -0.25) is 28.9 Å². The Kier molecular flexibility index (Phi) is 29.4. The number of rotatable bonds is 33. The standard InChI is InChI=1S/C54H93N7O14/c1-17-34(7)47(60(13)52(67)45(32(3)4)58-51(66)46(33(5)6)59(11)12)41(70-14)29-43(64)61-28-22-25-40(61)48(72-16)35(8)50(65)57-36(9)49(38-23-20-19-21-24-38)75-53(68)37(10)56-42(63)26-27-55-54(69)73-31-44(71-15)74-39(18-2)30-62/h19-21,23-24,32-37,39-41,44-49,62H,17-18,22,25-31H2,1-16H3,(H,55,69)(H,56,63)(H,57,65)(H,58,66)/t34-,35+,36+,37-,39?,40-,41+,44?,45?,46-,47-,48+,49+/m0/s1. The second-order valence-electron chi connectivity index (χ2n) is 20.6. The normalized spacial score (nSPS) is 18.6. The Balaban J connectivity index is 2.17. The molecule has 1 fully saturated rings. The number of benzene rings is 1. The van der Waals surface area contributed by atoms with Crippen LogP contribution in [-0.2, 0) is 57.2 Å². The van der Waals surface area contributed by atoms with Crippen molar-refractivity contribution >= 4 is 41.6 Å². The molecule has 0 spiro atoms. The molecule has 0 saturated carbocycles. The Morgan fingerprint density at radius 1 is 0.813 bits per heavy atom. The van der Waals surface area contributed by atoms with Crippen molar-refractivity contribution in [3.05, 3.63) is 35.9 Å². The molecule has 1 saturated heterocycles. The number of amides is 6. The van der Waals surface area contributed by atoms with Crippen LogP contribution in [0, 0.1) is 23.7 Å². The van der Waals surface area contributed by atoms with Crippen LogP contribution in [0.5, 0.6) is 0 Å². The van der Waals surface area contributed by atoms with Gasteiger partial charge in [-0.05, 0) is 70.5 Å². The first-order valence-electron chi connectivity index (χ1n) is 26.6. The molecule has 1 aromatic rings. The molecule has 1 aliphatic rings. The molecule has 0 aromatic heterocycles. The van der Waals surface area contributed by atoms with Gasteiger partial charge < -0.3 is 64.6 Å². The molecule has 21 heteroatoms. The maximum atomic E-state index is 14.5. The number of methoxy groups -OCH3 is 3. The summed E-state index contributed by atoms with van der Waals surface area (Å²) < 4.78 is 33.8. The van der Waals surface area contributed by atoms with Crippen molar-refractivity contribution < 1.29 is 67.1 Å². The highest BCUT2D eigenvalue weighted by Crippen LogP contribution is 2.31. The monoisotopic (exact) mass is 1060 g/mol. The number of likely N-dealkylation sites (tertiary alicyclic amines) is 1. The highest BCUT2D eigenvalue weighted by atomic mass is 16.7. The molecular weight excluding hydrogens is 971 g/mol. The number of esters is 1. The Morgan fingerprint density at radius 3 is 2.00 bits per heavy atom. The second kappa shape index (κ2) is 33.3. The molecule has 3 unspecified atom stereocenters. The van der Waals surface area contributed by atoms with Crippen LogP contribution >= 0.6 is 0 Å². The molecule has 5 N–H and O–H groups in total. The lowest BCUT2D eigenvalue weighted by Crippen LogP contribution is -2.59. The van der Waals surface area contributed by atoms with E-state index in [0.717, 1.165) is 0 Å². The summed E-state index contributed by atoms with van der Waals surface area (Å²) in [7, 11) is 9.79. The smallest absolute Gasteiger partial charge is 0.407 e. The molecule has 2 rings (SSSR count). The maximum absolute atomic E-state index is 14.5. The van der Waals surface area contributed by atoms with Gasteiger partial charge in [-0.25, -0.2) is 9.59 Å². The van der Waals surface area contributed by atoms with Crippen molar-refractivity contribution in [3.63, 3.8) is 0 Å². The van der Waals surface area contributed by atoms with Crippen LogP contribution in [0.15, 0.2) is 30.3 Å². The Labute approximate surface area is 446 Å². The van der Waals surface area contributed by atoms with Crippen LogP contribution in [0.25, 0.3) is 0 Å². The molecule has 0 bridgehead atoms. The molecule has 13 atom stereocenters. The largest absolute Gasteiger partial charge is 0.454 e. The molecular formula is C54H93N7O14. The van der Waals surface area contributed by atoms with Crippen LogP contribution in [0.1, 0.15) is 119 Å². The average molecular weight is 1060 g/mol. The van der Waals surface area contributed by atoms with Gasteiger partial charge in [0.25, 0.3) is 0 Å². The third kappa shape index (κ3) is 20.2. The first-order valence-corrected chi connectivity index (χ1v) is 26.6. The van der Waals surface area contributed by atoms with Crippen molar-refractivity contribution in [2.24, 2.45) is 23.7 Å². The number of ether oxygens (including phenoxy) is 6. The molecule has 1 aromatic carbocycles. The number of aliphatic hydroxyl groups is 1. The van der Waals surface area contributed by atoms with E-state index < -0.39 is 96.8 Å². The molecule has 0 radical (unpaired) electrons. The van der Waals surface area contributed by atoms with Crippen LogP contribution in [0.2, 0.25) is 0 Å². The minimum absolute atomic E-state index is 0.00821. The average Bonchev–Trinajstić information content (AvgIpc) is 3.86. The zero-order valence-corrected chi connectivity index (χ0v) is 47.7. The lowest BCUT2D eigenvalue weighted by molar-refractivity contribution is -0.181. The van der Waals surface area contributed by atoms with Crippen molar-refractivity contribution in [3.8, 4) is 0 Å². The van der Waals surface area contributed by atoms with E-state index in [4.69, 9.17) is 28.4 Å². The predicted octanol–water partition coefficient (Wildman–Crippen LogP) is 3.80. The molecule has 1 heterocycles. The van der Waals surface area contributed by atoms with E-state index in [2.05, 4.69) is 21.3 Å². The third-order valence-corrected chi connectivity index (χ3v) is 14.1. The topological polar surface area (TPSA) is 253 Å². The number of carbonyl (C=O) groups is 7. The van der Waals surface area contributed by atoms with E-state index >= 15 is 0 Å². The summed E-state index contributed by atoms with van der Waals surface area (Å²) in [4.78, 5) is 100. The number of aliphatic hydroxyl groups excluding tert-OH is 1. The number of alkyl carbamates (subject to hydrolysis) is 1. The minimum atomic E-state index is -1.10. The fourth-order valence-electron chi connectivity index (χ4n) is 9.66. The zero-order chi connectivity index (χ0) is 56.7. The summed E-state index contributed by atoms with van der Waals surface area (Å²) in [5.74, 6) is -3.50. The highest BCUT2D eigenvalue weighted by molar-refractivity contribution is 5.90. The van der Waals surface area contributed by atoms with Gasteiger partial charge in [0.2, 0.25) is 29.5 Å². The second-order valence-corrected chi connectivity index (χ2v) is 20.6. The maximum Gasteiger partial charge on any atom is 0.407 e.